The maximum absolute atomic E-state index is 12.2. The van der Waals surface area contributed by atoms with Gasteiger partial charge in [0.05, 0.1) is 0 Å². The van der Waals surface area contributed by atoms with E-state index in [9.17, 15) is 4.79 Å². The molecule has 2 aromatic rings. The van der Waals surface area contributed by atoms with E-state index in [4.69, 9.17) is 0 Å². The molecule has 86 valence electrons. The van der Waals surface area contributed by atoms with Gasteiger partial charge in [-0.3, -0.25) is 4.79 Å². The Labute approximate surface area is 130 Å². The highest BCUT2D eigenvalue weighted by Crippen LogP contribution is 2.24. The molecule has 0 N–H and O–H groups in total. The fraction of sp³-hybridized carbons (Fsp3) is 0. The Hall–Kier alpha value is -0.200. The maximum Gasteiger partial charge on any atom is 0.194 e. The second kappa shape index (κ2) is 5.63. The van der Waals surface area contributed by atoms with Crippen LogP contribution in [0.25, 0.3) is 0 Å². The van der Waals surface area contributed by atoms with E-state index in [1.54, 1.807) is 0 Å². The van der Waals surface area contributed by atoms with E-state index in [1.165, 1.54) is 0 Å². The first-order chi connectivity index (χ1) is 8.08. The fourth-order valence-electron chi connectivity index (χ4n) is 1.43. The van der Waals surface area contributed by atoms with Crippen LogP contribution < -0.4 is 0 Å². The Morgan fingerprint density at radius 3 is 2.24 bits per heavy atom. The Bertz CT molecular complexity index is 564. The van der Waals surface area contributed by atoms with E-state index in [-0.39, 0.29) is 5.78 Å². The minimum Gasteiger partial charge on any atom is -0.289 e. The zero-order chi connectivity index (χ0) is 12.4. The number of hydrogen-bond acceptors (Lipinski definition) is 1. The molecule has 0 bridgehead atoms. The van der Waals surface area contributed by atoms with Crippen molar-refractivity contribution in [2.45, 2.75) is 0 Å². The molecular formula is C13H7Br2IO. The van der Waals surface area contributed by atoms with Gasteiger partial charge in [0.2, 0.25) is 0 Å². The van der Waals surface area contributed by atoms with Crippen LogP contribution >= 0.6 is 54.5 Å². The van der Waals surface area contributed by atoms with Gasteiger partial charge in [0.15, 0.2) is 5.78 Å². The molecule has 0 saturated carbocycles. The summed E-state index contributed by atoms with van der Waals surface area (Å²) in [6, 6.07) is 13.1. The number of ketones is 1. The van der Waals surface area contributed by atoms with E-state index >= 15 is 0 Å². The van der Waals surface area contributed by atoms with Gasteiger partial charge in [-0.1, -0.05) is 15.9 Å². The number of carbonyl (C=O) groups excluding carboxylic acids is 1. The fourth-order valence-corrected chi connectivity index (χ4v) is 3.02. The van der Waals surface area contributed by atoms with Crippen molar-refractivity contribution in [2.24, 2.45) is 0 Å². The third-order valence-corrected chi connectivity index (χ3v) is 4.15. The lowest BCUT2D eigenvalue weighted by atomic mass is 10.0. The number of carbonyl (C=O) groups is 1. The van der Waals surface area contributed by atoms with Gasteiger partial charge in [0.25, 0.3) is 0 Å². The summed E-state index contributed by atoms with van der Waals surface area (Å²) in [7, 11) is 0. The van der Waals surface area contributed by atoms with E-state index < -0.39 is 0 Å². The molecule has 1 nitrogen and oxygen atoms in total. The molecule has 0 aromatic heterocycles. The normalized spacial score (nSPS) is 10.3. The van der Waals surface area contributed by atoms with Crippen molar-refractivity contribution >= 4 is 60.2 Å². The Morgan fingerprint density at radius 1 is 1.00 bits per heavy atom. The summed E-state index contributed by atoms with van der Waals surface area (Å²) in [4.78, 5) is 12.2. The molecule has 0 saturated heterocycles. The van der Waals surface area contributed by atoms with Crippen molar-refractivity contribution in [3.63, 3.8) is 0 Å². The first kappa shape index (κ1) is 13.2. The van der Waals surface area contributed by atoms with Crippen molar-refractivity contribution in [2.75, 3.05) is 0 Å². The number of halogens is 3. The summed E-state index contributed by atoms with van der Waals surface area (Å²) in [6.07, 6.45) is 0. The molecule has 4 heteroatoms. The van der Waals surface area contributed by atoms with Gasteiger partial charge in [-0.2, -0.15) is 0 Å². The molecule has 0 atom stereocenters. The quantitative estimate of drug-likeness (QED) is 0.448. The number of hydrogen-bond donors (Lipinski definition) is 0. The van der Waals surface area contributed by atoms with Crippen molar-refractivity contribution in [3.8, 4) is 0 Å². The van der Waals surface area contributed by atoms with Crippen LogP contribution in [0.2, 0.25) is 0 Å². The lowest BCUT2D eigenvalue weighted by Crippen LogP contribution is -2.02. The van der Waals surface area contributed by atoms with E-state index in [1.807, 2.05) is 42.5 Å². The molecular weight excluding hydrogens is 459 g/mol. The molecule has 0 spiro atoms. The van der Waals surface area contributed by atoms with Crippen LogP contribution in [0.15, 0.2) is 51.4 Å². The third kappa shape index (κ3) is 3.17. The van der Waals surface area contributed by atoms with E-state index in [0.29, 0.717) is 11.1 Å². The summed E-state index contributed by atoms with van der Waals surface area (Å²) < 4.78 is 2.87. The minimum atomic E-state index is 0.0285. The van der Waals surface area contributed by atoms with Crippen molar-refractivity contribution in [1.82, 2.24) is 0 Å². The lowest BCUT2D eigenvalue weighted by molar-refractivity contribution is 0.103. The average Bonchev–Trinajstić information content (AvgIpc) is 2.29. The summed E-state index contributed by atoms with van der Waals surface area (Å²) >= 11 is 8.99. The highest BCUT2D eigenvalue weighted by atomic mass is 127. The van der Waals surface area contributed by atoms with Crippen LogP contribution in [0.3, 0.4) is 0 Å². The number of benzene rings is 2. The van der Waals surface area contributed by atoms with Gasteiger partial charge >= 0.3 is 0 Å². The first-order valence-corrected chi connectivity index (χ1v) is 7.50. The zero-order valence-corrected chi connectivity index (χ0v) is 13.9. The van der Waals surface area contributed by atoms with Gasteiger partial charge < -0.3 is 0 Å². The largest absolute Gasteiger partial charge is 0.289 e. The molecule has 0 unspecified atom stereocenters. The van der Waals surface area contributed by atoms with E-state index in [0.717, 1.165) is 12.5 Å². The monoisotopic (exact) mass is 464 g/mol. The van der Waals surface area contributed by atoms with Crippen LogP contribution in [0, 0.1) is 3.57 Å². The standard InChI is InChI=1S/C13H7Br2IO/c14-9-3-6-11(12(15)7-9)13(17)8-1-4-10(16)5-2-8/h1-7H. The average molecular weight is 466 g/mol. The number of rotatable bonds is 2. The molecule has 0 radical (unpaired) electrons. The lowest BCUT2D eigenvalue weighted by Gasteiger charge is -2.04. The van der Waals surface area contributed by atoms with Gasteiger partial charge in [0.1, 0.15) is 0 Å². The summed E-state index contributed by atoms with van der Waals surface area (Å²) in [5, 5.41) is 0. The van der Waals surface area contributed by atoms with Crippen LogP contribution in [-0.4, -0.2) is 5.78 Å². The SMILES string of the molecule is O=C(c1ccc(I)cc1)c1ccc(Br)cc1Br. The Morgan fingerprint density at radius 2 is 1.65 bits per heavy atom. The molecule has 0 amide bonds. The molecule has 2 aromatic carbocycles. The highest BCUT2D eigenvalue weighted by molar-refractivity contribution is 14.1. The molecule has 0 heterocycles. The third-order valence-electron chi connectivity index (χ3n) is 2.28. The van der Waals surface area contributed by atoms with E-state index in [2.05, 4.69) is 54.5 Å². The van der Waals surface area contributed by atoms with Crippen LogP contribution in [0.5, 0.6) is 0 Å². The van der Waals surface area contributed by atoms with Gasteiger partial charge in [-0.05, 0) is 81.0 Å². The van der Waals surface area contributed by atoms with Gasteiger partial charge in [-0.25, -0.2) is 0 Å². The van der Waals surface area contributed by atoms with Crippen LogP contribution in [-0.2, 0) is 0 Å². The molecule has 0 aliphatic carbocycles. The molecule has 0 aliphatic heterocycles. The van der Waals surface area contributed by atoms with Gasteiger partial charge in [-0.15, -0.1) is 0 Å². The first-order valence-electron chi connectivity index (χ1n) is 4.83. The van der Waals surface area contributed by atoms with Crippen molar-refractivity contribution in [1.29, 1.82) is 0 Å². The molecule has 17 heavy (non-hydrogen) atoms. The summed E-state index contributed by atoms with van der Waals surface area (Å²) in [5.74, 6) is 0.0285. The molecule has 0 aliphatic rings. The minimum absolute atomic E-state index is 0.0285. The summed E-state index contributed by atoms with van der Waals surface area (Å²) in [6.45, 7) is 0. The topological polar surface area (TPSA) is 17.1 Å². The zero-order valence-electron chi connectivity index (χ0n) is 8.58. The Balaban J connectivity index is 2.40. The van der Waals surface area contributed by atoms with Crippen LogP contribution in [0.4, 0.5) is 0 Å². The second-order valence-corrected chi connectivity index (χ2v) is 6.48. The molecule has 0 fully saturated rings. The Kier molecular flexibility index (Phi) is 4.38. The summed E-state index contributed by atoms with van der Waals surface area (Å²) in [5.41, 5.74) is 1.38. The van der Waals surface area contributed by atoms with Crippen LogP contribution in [0.1, 0.15) is 15.9 Å². The smallest absolute Gasteiger partial charge is 0.194 e. The highest BCUT2D eigenvalue weighted by Gasteiger charge is 2.12. The van der Waals surface area contributed by atoms with Crippen molar-refractivity contribution in [3.05, 3.63) is 66.1 Å². The second-order valence-electron chi connectivity index (χ2n) is 3.46. The predicted octanol–water partition coefficient (Wildman–Crippen LogP) is 5.05. The maximum atomic E-state index is 12.2. The predicted molar refractivity (Wildman–Crippen MR) is 84.4 cm³/mol. The van der Waals surface area contributed by atoms with Gasteiger partial charge in [0, 0.05) is 23.6 Å². The molecule has 2 rings (SSSR count). The van der Waals surface area contributed by atoms with Crippen molar-refractivity contribution < 1.29 is 4.79 Å².